The molecule has 4 nitrogen and oxygen atoms in total. The van der Waals surface area contributed by atoms with Crippen LogP contribution in [0.15, 0.2) is 28.7 Å². The van der Waals surface area contributed by atoms with Gasteiger partial charge in [0.1, 0.15) is 0 Å². The molecule has 0 amide bonds. The normalized spacial score (nSPS) is 12.3. The Morgan fingerprint density at radius 1 is 1.28 bits per heavy atom. The number of methoxy groups -OCH3 is 1. The van der Waals surface area contributed by atoms with Crippen molar-refractivity contribution in [2.75, 3.05) is 26.9 Å². The molecular weight excluding hydrogens is 300 g/mol. The molecule has 0 aromatic heterocycles. The Kier molecular flexibility index (Phi) is 6.93. The summed E-state index contributed by atoms with van der Waals surface area (Å²) >= 11 is 3.33. The lowest BCUT2D eigenvalue weighted by Crippen LogP contribution is -2.15. The van der Waals surface area contributed by atoms with Crippen LogP contribution < -0.4 is 0 Å². The Morgan fingerprint density at radius 3 is 2.50 bits per heavy atom. The molecule has 1 aromatic rings. The van der Waals surface area contributed by atoms with Crippen molar-refractivity contribution in [2.45, 2.75) is 12.3 Å². The number of carboxylic acids is 1. The maximum atomic E-state index is 11.2. The fraction of sp³-hybridized carbons (Fsp3) is 0.462. The molecule has 0 radical (unpaired) electrons. The number of carboxylic acid groups (broad SMARTS) is 1. The molecule has 100 valence electrons. The van der Waals surface area contributed by atoms with Gasteiger partial charge in [0, 0.05) is 18.2 Å². The van der Waals surface area contributed by atoms with E-state index in [1.54, 1.807) is 7.11 Å². The van der Waals surface area contributed by atoms with Crippen molar-refractivity contribution in [3.63, 3.8) is 0 Å². The van der Waals surface area contributed by atoms with Gasteiger partial charge in [-0.3, -0.25) is 4.79 Å². The first kappa shape index (κ1) is 15.1. The number of halogens is 1. The molecule has 0 saturated heterocycles. The summed E-state index contributed by atoms with van der Waals surface area (Å²) in [5.74, 6) is -1.35. The standard InChI is InChI=1S/C13H17BrO4/c1-17-8-9-18-7-6-12(13(15)16)10-2-4-11(14)5-3-10/h2-5,12H,6-9H2,1H3,(H,15,16). The molecule has 0 bridgehead atoms. The average molecular weight is 317 g/mol. The molecule has 0 aliphatic heterocycles. The lowest BCUT2D eigenvalue weighted by molar-refractivity contribution is -0.139. The van der Waals surface area contributed by atoms with E-state index in [2.05, 4.69) is 15.9 Å². The van der Waals surface area contributed by atoms with Crippen molar-refractivity contribution in [1.29, 1.82) is 0 Å². The number of hydrogen-bond acceptors (Lipinski definition) is 3. The van der Waals surface area contributed by atoms with Gasteiger partial charge in [0.2, 0.25) is 0 Å². The average Bonchev–Trinajstić information content (AvgIpc) is 2.35. The van der Waals surface area contributed by atoms with Crippen molar-refractivity contribution in [2.24, 2.45) is 0 Å². The monoisotopic (exact) mass is 316 g/mol. The minimum Gasteiger partial charge on any atom is -0.481 e. The summed E-state index contributed by atoms with van der Waals surface area (Å²) in [4.78, 5) is 11.2. The topological polar surface area (TPSA) is 55.8 Å². The summed E-state index contributed by atoms with van der Waals surface area (Å²) < 4.78 is 11.1. The molecule has 0 heterocycles. The Morgan fingerprint density at radius 2 is 1.94 bits per heavy atom. The van der Waals surface area contributed by atoms with Crippen LogP contribution in [0.5, 0.6) is 0 Å². The van der Waals surface area contributed by atoms with E-state index >= 15 is 0 Å². The lowest BCUT2D eigenvalue weighted by Gasteiger charge is -2.13. The molecule has 1 aromatic carbocycles. The first-order chi connectivity index (χ1) is 8.65. The molecule has 18 heavy (non-hydrogen) atoms. The summed E-state index contributed by atoms with van der Waals surface area (Å²) in [6, 6.07) is 7.32. The third kappa shape index (κ3) is 5.16. The largest absolute Gasteiger partial charge is 0.481 e. The number of aliphatic carboxylic acids is 1. The van der Waals surface area contributed by atoms with Gasteiger partial charge in [-0.2, -0.15) is 0 Å². The Balaban J connectivity index is 2.50. The molecule has 0 spiro atoms. The van der Waals surface area contributed by atoms with Crippen LogP contribution >= 0.6 is 15.9 Å². The second kappa shape index (κ2) is 8.24. The maximum Gasteiger partial charge on any atom is 0.311 e. The molecule has 0 fully saturated rings. The van der Waals surface area contributed by atoms with E-state index in [0.29, 0.717) is 26.2 Å². The maximum absolute atomic E-state index is 11.2. The van der Waals surface area contributed by atoms with E-state index < -0.39 is 11.9 Å². The van der Waals surface area contributed by atoms with Gasteiger partial charge in [-0.15, -0.1) is 0 Å². The number of rotatable bonds is 8. The summed E-state index contributed by atoms with van der Waals surface area (Å²) in [5, 5.41) is 9.21. The SMILES string of the molecule is COCCOCCC(C(=O)O)c1ccc(Br)cc1. The van der Waals surface area contributed by atoms with Crippen molar-refractivity contribution < 1.29 is 19.4 Å². The highest BCUT2D eigenvalue weighted by atomic mass is 79.9. The van der Waals surface area contributed by atoms with Gasteiger partial charge in [0.15, 0.2) is 0 Å². The van der Waals surface area contributed by atoms with E-state index in [0.717, 1.165) is 10.0 Å². The van der Waals surface area contributed by atoms with Crippen LogP contribution in [0.4, 0.5) is 0 Å². The minimum atomic E-state index is -0.826. The predicted molar refractivity (Wildman–Crippen MR) is 71.8 cm³/mol. The zero-order valence-electron chi connectivity index (χ0n) is 10.3. The van der Waals surface area contributed by atoms with Crippen LogP contribution in [0.25, 0.3) is 0 Å². The zero-order valence-corrected chi connectivity index (χ0v) is 11.9. The van der Waals surface area contributed by atoms with Crippen molar-refractivity contribution in [1.82, 2.24) is 0 Å². The van der Waals surface area contributed by atoms with E-state index in [4.69, 9.17) is 9.47 Å². The van der Waals surface area contributed by atoms with Gasteiger partial charge in [0.05, 0.1) is 19.1 Å². The molecule has 1 unspecified atom stereocenters. The number of ether oxygens (including phenoxy) is 2. The summed E-state index contributed by atoms with van der Waals surface area (Å²) in [6.45, 7) is 1.43. The highest BCUT2D eigenvalue weighted by molar-refractivity contribution is 9.10. The third-order valence-electron chi connectivity index (χ3n) is 2.55. The Labute approximate surface area is 115 Å². The van der Waals surface area contributed by atoms with Crippen molar-refractivity contribution in [3.8, 4) is 0 Å². The fourth-order valence-electron chi connectivity index (χ4n) is 1.57. The van der Waals surface area contributed by atoms with Gasteiger partial charge in [0.25, 0.3) is 0 Å². The van der Waals surface area contributed by atoms with Gasteiger partial charge >= 0.3 is 5.97 Å². The van der Waals surface area contributed by atoms with Gasteiger partial charge < -0.3 is 14.6 Å². The summed E-state index contributed by atoms with van der Waals surface area (Å²) in [5.41, 5.74) is 0.793. The molecule has 5 heteroatoms. The Hall–Kier alpha value is -0.910. The predicted octanol–water partition coefficient (Wildman–Crippen LogP) is 2.67. The molecular formula is C13H17BrO4. The second-order valence-electron chi connectivity index (χ2n) is 3.84. The molecule has 1 N–H and O–H groups in total. The fourth-order valence-corrected chi connectivity index (χ4v) is 1.84. The molecule has 0 aliphatic carbocycles. The van der Waals surface area contributed by atoms with Crippen LogP contribution in [-0.4, -0.2) is 38.0 Å². The van der Waals surface area contributed by atoms with Crippen LogP contribution in [0.1, 0.15) is 17.9 Å². The minimum absolute atomic E-state index is 0.413. The smallest absolute Gasteiger partial charge is 0.311 e. The number of benzene rings is 1. The van der Waals surface area contributed by atoms with Gasteiger partial charge in [-0.1, -0.05) is 28.1 Å². The molecule has 0 saturated carbocycles. The molecule has 0 aliphatic rings. The van der Waals surface area contributed by atoms with Crippen molar-refractivity contribution in [3.05, 3.63) is 34.3 Å². The first-order valence-electron chi connectivity index (χ1n) is 5.70. The molecule has 1 atom stereocenters. The quantitative estimate of drug-likeness (QED) is 0.749. The van der Waals surface area contributed by atoms with Crippen molar-refractivity contribution >= 4 is 21.9 Å². The van der Waals surface area contributed by atoms with E-state index in [1.807, 2.05) is 24.3 Å². The van der Waals surface area contributed by atoms with Crippen LogP contribution in [-0.2, 0) is 14.3 Å². The number of carbonyl (C=O) groups is 1. The van der Waals surface area contributed by atoms with Gasteiger partial charge in [-0.25, -0.2) is 0 Å². The zero-order chi connectivity index (χ0) is 13.4. The summed E-state index contributed by atoms with van der Waals surface area (Å²) in [7, 11) is 1.60. The lowest BCUT2D eigenvalue weighted by atomic mass is 9.96. The Bertz CT molecular complexity index is 364. The highest BCUT2D eigenvalue weighted by Crippen LogP contribution is 2.22. The van der Waals surface area contributed by atoms with Gasteiger partial charge in [-0.05, 0) is 24.1 Å². The van der Waals surface area contributed by atoms with Crippen LogP contribution in [0, 0.1) is 0 Å². The summed E-state index contributed by atoms with van der Waals surface area (Å²) in [6.07, 6.45) is 0.459. The van der Waals surface area contributed by atoms with E-state index in [-0.39, 0.29) is 0 Å². The van der Waals surface area contributed by atoms with Crippen LogP contribution in [0.2, 0.25) is 0 Å². The second-order valence-corrected chi connectivity index (χ2v) is 4.75. The highest BCUT2D eigenvalue weighted by Gasteiger charge is 2.19. The first-order valence-corrected chi connectivity index (χ1v) is 6.49. The van der Waals surface area contributed by atoms with E-state index in [1.165, 1.54) is 0 Å². The van der Waals surface area contributed by atoms with E-state index in [9.17, 15) is 9.90 Å². The third-order valence-corrected chi connectivity index (χ3v) is 3.08. The van der Waals surface area contributed by atoms with Crippen LogP contribution in [0.3, 0.4) is 0 Å². The number of hydrogen-bond donors (Lipinski definition) is 1. The molecule has 1 rings (SSSR count).